The molecule has 2 saturated carbocycles. The lowest BCUT2D eigenvalue weighted by Crippen LogP contribution is -2.65. The van der Waals surface area contributed by atoms with Crippen LogP contribution in [-0.2, 0) is 28.5 Å². The molecule has 2 aliphatic carbocycles. The van der Waals surface area contributed by atoms with Crippen molar-refractivity contribution in [2.75, 3.05) is 13.2 Å². The lowest BCUT2D eigenvalue weighted by molar-refractivity contribution is -0.381. The Morgan fingerprint density at radius 3 is 2.23 bits per heavy atom. The summed E-state index contributed by atoms with van der Waals surface area (Å²) in [6.07, 6.45) is -17.3. The SMILES string of the molecule is CC(=O)OCC1OC(OC2CC3C(O)CC(O)CC3[OH+]C2C2CCC(O)C(O)C2)C(OC2OCC(O)C(O)C2O)C(O)C1O. The third kappa shape index (κ3) is 7.39. The van der Waals surface area contributed by atoms with Crippen LogP contribution in [0.4, 0.5) is 0 Å². The summed E-state index contributed by atoms with van der Waals surface area (Å²) in [6.45, 7) is 0.349. The molecule has 3 saturated heterocycles. The molecule has 3 heterocycles. The van der Waals surface area contributed by atoms with Gasteiger partial charge in [-0.15, -0.1) is 0 Å². The summed E-state index contributed by atoms with van der Waals surface area (Å²) in [4.78, 5) is 11.5. The Morgan fingerprint density at radius 1 is 0.773 bits per heavy atom. The van der Waals surface area contributed by atoms with Crippen molar-refractivity contribution in [2.45, 2.75) is 143 Å². The zero-order valence-electron chi connectivity index (χ0n) is 24.5. The van der Waals surface area contributed by atoms with Gasteiger partial charge in [0.1, 0.15) is 55.4 Å². The molecule has 0 spiro atoms. The second kappa shape index (κ2) is 14.4. The number of ether oxygens (including phenoxy) is 6. The summed E-state index contributed by atoms with van der Waals surface area (Å²) in [5, 5.41) is 94.2. The van der Waals surface area contributed by atoms with E-state index >= 15 is 0 Å². The van der Waals surface area contributed by atoms with Crippen molar-refractivity contribution >= 4 is 5.97 Å². The van der Waals surface area contributed by atoms with Gasteiger partial charge >= 0.3 is 5.97 Å². The van der Waals surface area contributed by atoms with Crippen molar-refractivity contribution in [3.63, 3.8) is 0 Å². The second-order valence-electron chi connectivity index (χ2n) is 12.9. The molecule has 0 bridgehead atoms. The average molecular weight is 640 g/mol. The molecule has 18 atom stereocenters. The summed E-state index contributed by atoms with van der Waals surface area (Å²) in [7, 11) is 0. The number of aliphatic hydroxyl groups excluding tert-OH is 9. The first-order valence-corrected chi connectivity index (χ1v) is 15.4. The molecule has 0 aromatic rings. The average Bonchev–Trinajstić information content (AvgIpc) is 2.97. The number of carbonyl (C=O) groups excluding carboxylic acids is 1. The van der Waals surface area contributed by atoms with E-state index in [4.69, 9.17) is 28.4 Å². The number of rotatable bonds is 7. The fourth-order valence-corrected chi connectivity index (χ4v) is 7.23. The first-order chi connectivity index (χ1) is 20.8. The van der Waals surface area contributed by atoms with Crippen molar-refractivity contribution in [3.8, 4) is 0 Å². The molecule has 18 unspecified atom stereocenters. The van der Waals surface area contributed by atoms with Crippen molar-refractivity contribution in [3.05, 3.63) is 0 Å². The van der Waals surface area contributed by atoms with Crippen molar-refractivity contribution in [2.24, 2.45) is 11.8 Å². The Balaban J connectivity index is 1.41. The summed E-state index contributed by atoms with van der Waals surface area (Å²) in [5.41, 5.74) is 0. The highest BCUT2D eigenvalue weighted by molar-refractivity contribution is 5.65. The molecular formula is C28H47O16+. The highest BCUT2D eigenvalue weighted by Gasteiger charge is 2.56. The van der Waals surface area contributed by atoms with E-state index in [1.807, 2.05) is 0 Å². The molecule has 0 aromatic heterocycles. The molecular weight excluding hydrogens is 592 g/mol. The molecule has 5 fully saturated rings. The largest absolute Gasteiger partial charge is 0.463 e. The van der Waals surface area contributed by atoms with Gasteiger partial charge in [-0.2, -0.15) is 0 Å². The maximum Gasteiger partial charge on any atom is 0.302 e. The zero-order valence-corrected chi connectivity index (χ0v) is 24.5. The minimum Gasteiger partial charge on any atom is -0.463 e. The van der Waals surface area contributed by atoms with E-state index in [1.165, 1.54) is 6.92 Å². The summed E-state index contributed by atoms with van der Waals surface area (Å²) in [6, 6.07) is 0. The van der Waals surface area contributed by atoms with E-state index in [-0.39, 0.29) is 43.8 Å². The second-order valence-corrected chi connectivity index (χ2v) is 12.9. The topological polar surface area (TPSA) is 258 Å². The van der Waals surface area contributed by atoms with Crippen LogP contribution in [0, 0.1) is 11.8 Å². The fourth-order valence-electron chi connectivity index (χ4n) is 7.23. The third-order valence-corrected chi connectivity index (χ3v) is 9.72. The first-order valence-electron chi connectivity index (χ1n) is 15.4. The van der Waals surface area contributed by atoms with Gasteiger partial charge in [-0.25, -0.2) is 0 Å². The maximum atomic E-state index is 11.5. The Hall–Kier alpha value is -1.09. The summed E-state index contributed by atoms with van der Waals surface area (Å²) in [5.74, 6) is -1.28. The Labute approximate surface area is 254 Å². The Bertz CT molecular complexity index is 957. The molecule has 5 aliphatic rings. The van der Waals surface area contributed by atoms with Gasteiger partial charge in [0.25, 0.3) is 0 Å². The number of esters is 1. The van der Waals surface area contributed by atoms with Crippen LogP contribution < -0.4 is 0 Å². The van der Waals surface area contributed by atoms with E-state index < -0.39 is 105 Å². The van der Waals surface area contributed by atoms with Crippen LogP contribution in [0.15, 0.2) is 0 Å². The highest BCUT2D eigenvalue weighted by atomic mass is 16.8. The number of hydrogen-bond acceptors (Lipinski definition) is 15. The molecule has 0 radical (unpaired) electrons. The quantitative estimate of drug-likeness (QED) is 0.0940. The standard InChI is InChI=1S/C28H46O16/c1-10(29)39-9-20-22(36)23(37)26(44-27-24(38)21(35)17(34)8-40-27)28(43-20)42-19-7-13-15(32)5-12(30)6-18(13)41-25(19)11-2-3-14(31)16(33)4-11/h11-28,30-38H,2-9H2,1H3/p+1. The van der Waals surface area contributed by atoms with E-state index in [0.29, 0.717) is 19.3 Å². The molecule has 254 valence electrons. The van der Waals surface area contributed by atoms with Gasteiger partial charge in [-0.1, -0.05) is 0 Å². The lowest BCUT2D eigenvalue weighted by Gasteiger charge is -2.49. The van der Waals surface area contributed by atoms with Crippen LogP contribution in [0.5, 0.6) is 0 Å². The predicted molar refractivity (Wildman–Crippen MR) is 143 cm³/mol. The first kappa shape index (κ1) is 34.3. The van der Waals surface area contributed by atoms with Gasteiger partial charge in [0.05, 0.1) is 36.9 Å². The van der Waals surface area contributed by atoms with Gasteiger partial charge in [0, 0.05) is 25.7 Å². The van der Waals surface area contributed by atoms with E-state index in [1.54, 1.807) is 0 Å². The van der Waals surface area contributed by atoms with E-state index in [2.05, 4.69) is 0 Å². The molecule has 3 aliphatic heterocycles. The van der Waals surface area contributed by atoms with Crippen molar-refractivity contribution < 1.29 is 79.2 Å². The van der Waals surface area contributed by atoms with Crippen LogP contribution in [0.1, 0.15) is 45.4 Å². The van der Waals surface area contributed by atoms with Gasteiger partial charge in [-0.3, -0.25) is 4.79 Å². The van der Waals surface area contributed by atoms with E-state index in [9.17, 15) is 50.8 Å². The molecule has 10 N–H and O–H groups in total. The number of aliphatic hydroxyl groups is 11. The minimum absolute atomic E-state index is 0.161. The van der Waals surface area contributed by atoms with Crippen LogP contribution in [0.2, 0.25) is 0 Å². The molecule has 44 heavy (non-hydrogen) atoms. The maximum absolute atomic E-state index is 11.5. The van der Waals surface area contributed by atoms with Gasteiger partial charge < -0.3 is 74.4 Å². The van der Waals surface area contributed by atoms with Crippen LogP contribution in [0.25, 0.3) is 0 Å². The summed E-state index contributed by atoms with van der Waals surface area (Å²) < 4.78 is 33.6. The third-order valence-electron chi connectivity index (χ3n) is 9.72. The monoisotopic (exact) mass is 639 g/mol. The fraction of sp³-hybridized carbons (Fsp3) is 0.964. The van der Waals surface area contributed by atoms with Crippen LogP contribution >= 0.6 is 0 Å². The zero-order chi connectivity index (χ0) is 31.9. The van der Waals surface area contributed by atoms with Crippen molar-refractivity contribution in [1.29, 1.82) is 0 Å². The molecule has 16 heteroatoms. The van der Waals surface area contributed by atoms with Gasteiger partial charge in [0.2, 0.25) is 0 Å². The highest BCUT2D eigenvalue weighted by Crippen LogP contribution is 2.42. The predicted octanol–water partition coefficient (Wildman–Crippen LogP) is -4.47. The Morgan fingerprint density at radius 2 is 1.52 bits per heavy atom. The smallest absolute Gasteiger partial charge is 0.302 e. The van der Waals surface area contributed by atoms with Gasteiger partial charge in [0.15, 0.2) is 24.8 Å². The normalized spacial score (nSPS) is 51.8. The number of carbonyl (C=O) groups is 1. The van der Waals surface area contributed by atoms with Crippen LogP contribution in [0.3, 0.4) is 0 Å². The molecule has 0 aromatic carbocycles. The molecule has 0 amide bonds. The molecule has 5 rings (SSSR count). The Kier molecular flexibility index (Phi) is 11.2. The molecule has 16 nitrogen and oxygen atoms in total. The summed E-state index contributed by atoms with van der Waals surface area (Å²) >= 11 is 0. The number of hydrogen-bond donors (Lipinski definition) is 9. The van der Waals surface area contributed by atoms with Crippen molar-refractivity contribution in [1.82, 2.24) is 0 Å². The van der Waals surface area contributed by atoms with Gasteiger partial charge in [-0.05, 0) is 25.7 Å². The van der Waals surface area contributed by atoms with E-state index in [0.717, 1.165) is 0 Å². The lowest BCUT2D eigenvalue weighted by atomic mass is 9.72. The number of fused-ring (bicyclic) bond motifs is 1. The minimum atomic E-state index is -1.72. The van der Waals surface area contributed by atoms with Crippen LogP contribution in [-0.4, -0.2) is 168 Å².